The fourth-order valence-electron chi connectivity index (χ4n) is 2.75. The first-order chi connectivity index (χ1) is 10.2. The third kappa shape index (κ3) is 2.47. The molecule has 0 aromatic carbocycles. The van der Waals surface area contributed by atoms with Crippen molar-refractivity contribution in [2.24, 2.45) is 0 Å². The topological polar surface area (TPSA) is 83.2 Å². The summed E-state index contributed by atoms with van der Waals surface area (Å²) in [5.41, 5.74) is 3.34. The van der Waals surface area contributed by atoms with E-state index >= 15 is 0 Å². The molecule has 1 aliphatic heterocycles. The van der Waals surface area contributed by atoms with Gasteiger partial charge in [-0.15, -0.1) is 10.2 Å². The second-order valence-corrected chi connectivity index (χ2v) is 5.42. The van der Waals surface area contributed by atoms with Crippen molar-refractivity contribution >= 4 is 11.6 Å². The number of allylic oxidation sites excluding steroid dienone is 1. The maximum absolute atomic E-state index is 9.52. The Morgan fingerprint density at radius 2 is 2.14 bits per heavy atom. The molecule has 0 bridgehead atoms. The van der Waals surface area contributed by atoms with Crippen LogP contribution in [0.15, 0.2) is 0 Å². The summed E-state index contributed by atoms with van der Waals surface area (Å²) in [5.74, 6) is 1.67. The molecule has 2 aromatic rings. The molecular formula is C15H18N6. The zero-order valence-corrected chi connectivity index (χ0v) is 12.3. The van der Waals surface area contributed by atoms with Crippen molar-refractivity contribution < 1.29 is 0 Å². The van der Waals surface area contributed by atoms with E-state index in [0.29, 0.717) is 11.4 Å². The number of nitriles is 1. The minimum Gasteiger partial charge on any atom is -0.310 e. The van der Waals surface area contributed by atoms with Gasteiger partial charge in [-0.1, -0.05) is 6.42 Å². The Hall–Kier alpha value is -2.42. The minimum absolute atomic E-state index is 0.545. The van der Waals surface area contributed by atoms with Crippen LogP contribution in [0.1, 0.15) is 47.9 Å². The van der Waals surface area contributed by atoms with E-state index in [9.17, 15) is 5.26 Å². The smallest absolute Gasteiger partial charge is 0.174 e. The lowest BCUT2D eigenvalue weighted by Crippen LogP contribution is -2.05. The van der Waals surface area contributed by atoms with Crippen LogP contribution in [-0.2, 0) is 13.0 Å². The van der Waals surface area contributed by atoms with Crippen molar-refractivity contribution in [2.75, 3.05) is 0 Å². The number of H-pyrrole nitrogens is 1. The maximum atomic E-state index is 9.52. The Morgan fingerprint density at radius 1 is 1.29 bits per heavy atom. The Balaban J connectivity index is 2.06. The molecule has 0 amide bonds. The molecule has 0 spiro atoms. The molecule has 0 atom stereocenters. The van der Waals surface area contributed by atoms with E-state index in [1.165, 1.54) is 6.42 Å². The number of aryl methyl sites for hydroxylation is 3. The Bertz CT molecular complexity index is 708. The van der Waals surface area contributed by atoms with Gasteiger partial charge < -0.3 is 4.57 Å². The highest BCUT2D eigenvalue weighted by atomic mass is 15.3. The monoisotopic (exact) mass is 282 g/mol. The maximum Gasteiger partial charge on any atom is 0.174 e. The number of rotatable bonds is 2. The normalized spacial score (nSPS) is 15.4. The quantitative estimate of drug-likeness (QED) is 0.857. The van der Waals surface area contributed by atoms with Crippen molar-refractivity contribution in [3.63, 3.8) is 0 Å². The summed E-state index contributed by atoms with van der Waals surface area (Å²) in [4.78, 5) is 0. The molecule has 0 saturated carbocycles. The molecule has 0 aliphatic carbocycles. The highest BCUT2D eigenvalue weighted by Crippen LogP contribution is 2.22. The van der Waals surface area contributed by atoms with Crippen molar-refractivity contribution in [2.45, 2.75) is 46.1 Å². The third-order valence-corrected chi connectivity index (χ3v) is 3.94. The molecular weight excluding hydrogens is 264 g/mol. The molecule has 6 heteroatoms. The molecule has 1 N–H and O–H groups in total. The van der Waals surface area contributed by atoms with Gasteiger partial charge in [0, 0.05) is 24.2 Å². The van der Waals surface area contributed by atoms with Gasteiger partial charge in [0.25, 0.3) is 0 Å². The standard InChI is InChI=1S/C15H18N6/c1-10-13(11(2)18-17-10)8-12(9-16)15-20-19-14-6-4-3-5-7-21(14)15/h8H,3-7H2,1-2H3,(H,17,18)/b12-8-. The molecule has 0 radical (unpaired) electrons. The summed E-state index contributed by atoms with van der Waals surface area (Å²) in [6.45, 7) is 4.76. The molecule has 3 heterocycles. The first-order valence-electron chi connectivity index (χ1n) is 7.26. The number of fused-ring (bicyclic) bond motifs is 1. The van der Waals surface area contributed by atoms with Crippen LogP contribution in [0.2, 0.25) is 0 Å². The third-order valence-electron chi connectivity index (χ3n) is 3.94. The largest absolute Gasteiger partial charge is 0.310 e. The first-order valence-corrected chi connectivity index (χ1v) is 7.26. The van der Waals surface area contributed by atoms with E-state index in [1.807, 2.05) is 19.9 Å². The summed E-state index contributed by atoms with van der Waals surface area (Å²) in [7, 11) is 0. The van der Waals surface area contributed by atoms with Crippen LogP contribution >= 0.6 is 0 Å². The van der Waals surface area contributed by atoms with E-state index in [2.05, 4.69) is 31.0 Å². The molecule has 2 aromatic heterocycles. The average molecular weight is 282 g/mol. The van der Waals surface area contributed by atoms with E-state index in [-0.39, 0.29) is 0 Å². The Labute approximate surface area is 123 Å². The van der Waals surface area contributed by atoms with Crippen LogP contribution in [-0.4, -0.2) is 25.0 Å². The zero-order chi connectivity index (χ0) is 14.8. The molecule has 1 aliphatic rings. The van der Waals surface area contributed by atoms with Crippen LogP contribution in [0.5, 0.6) is 0 Å². The van der Waals surface area contributed by atoms with Crippen molar-refractivity contribution in [3.8, 4) is 6.07 Å². The Kier molecular flexibility index (Phi) is 3.57. The van der Waals surface area contributed by atoms with E-state index < -0.39 is 0 Å². The van der Waals surface area contributed by atoms with E-state index in [0.717, 1.165) is 48.6 Å². The van der Waals surface area contributed by atoms with Crippen LogP contribution in [0, 0.1) is 25.2 Å². The predicted octanol–water partition coefficient (Wildman–Crippen LogP) is 2.41. The number of aromatic nitrogens is 5. The van der Waals surface area contributed by atoms with Gasteiger partial charge in [0.05, 0.1) is 11.3 Å². The molecule has 3 rings (SSSR count). The van der Waals surface area contributed by atoms with Gasteiger partial charge in [-0.25, -0.2) is 0 Å². The van der Waals surface area contributed by atoms with Gasteiger partial charge in [0.2, 0.25) is 0 Å². The molecule has 0 unspecified atom stereocenters. The van der Waals surface area contributed by atoms with Crippen LogP contribution in [0.3, 0.4) is 0 Å². The second kappa shape index (κ2) is 5.52. The van der Waals surface area contributed by atoms with Crippen LogP contribution in [0.4, 0.5) is 0 Å². The summed E-state index contributed by atoms with van der Waals surface area (Å²) in [5, 5.41) is 25.1. The predicted molar refractivity (Wildman–Crippen MR) is 79.1 cm³/mol. The molecule has 0 fully saturated rings. The average Bonchev–Trinajstić information content (AvgIpc) is 2.92. The number of hydrogen-bond acceptors (Lipinski definition) is 4. The van der Waals surface area contributed by atoms with Gasteiger partial charge in [-0.2, -0.15) is 10.4 Å². The zero-order valence-electron chi connectivity index (χ0n) is 12.3. The van der Waals surface area contributed by atoms with Gasteiger partial charge in [-0.3, -0.25) is 5.10 Å². The summed E-state index contributed by atoms with van der Waals surface area (Å²) in [6.07, 6.45) is 6.25. The summed E-state index contributed by atoms with van der Waals surface area (Å²) < 4.78 is 2.09. The van der Waals surface area contributed by atoms with Crippen molar-refractivity contribution in [1.82, 2.24) is 25.0 Å². The highest BCUT2D eigenvalue weighted by molar-refractivity contribution is 5.88. The van der Waals surface area contributed by atoms with E-state index in [4.69, 9.17) is 0 Å². The molecule has 108 valence electrons. The Morgan fingerprint density at radius 3 is 2.86 bits per heavy atom. The number of aromatic amines is 1. The second-order valence-electron chi connectivity index (χ2n) is 5.42. The van der Waals surface area contributed by atoms with E-state index in [1.54, 1.807) is 0 Å². The fourth-order valence-corrected chi connectivity index (χ4v) is 2.75. The van der Waals surface area contributed by atoms with Gasteiger partial charge in [0.1, 0.15) is 11.9 Å². The van der Waals surface area contributed by atoms with Crippen molar-refractivity contribution in [3.05, 3.63) is 28.6 Å². The van der Waals surface area contributed by atoms with Crippen molar-refractivity contribution in [1.29, 1.82) is 5.26 Å². The van der Waals surface area contributed by atoms with Gasteiger partial charge in [-0.05, 0) is 32.8 Å². The van der Waals surface area contributed by atoms with Gasteiger partial charge in [0.15, 0.2) is 5.82 Å². The summed E-state index contributed by atoms with van der Waals surface area (Å²) >= 11 is 0. The number of hydrogen-bond donors (Lipinski definition) is 1. The first kappa shape index (κ1) is 13.6. The number of nitrogens with zero attached hydrogens (tertiary/aromatic N) is 5. The van der Waals surface area contributed by atoms with Crippen LogP contribution < -0.4 is 0 Å². The fraction of sp³-hybridized carbons (Fsp3) is 0.467. The number of nitrogens with one attached hydrogen (secondary N) is 1. The lowest BCUT2D eigenvalue weighted by atomic mass is 10.1. The lowest BCUT2D eigenvalue weighted by Gasteiger charge is -2.05. The SMILES string of the molecule is Cc1n[nH]c(C)c1/C=C(/C#N)c1nnc2n1CCCCC2. The minimum atomic E-state index is 0.545. The molecule has 0 saturated heterocycles. The molecule has 21 heavy (non-hydrogen) atoms. The highest BCUT2D eigenvalue weighted by Gasteiger charge is 2.18. The van der Waals surface area contributed by atoms with Crippen LogP contribution in [0.25, 0.3) is 11.6 Å². The lowest BCUT2D eigenvalue weighted by molar-refractivity contribution is 0.627. The summed E-state index contributed by atoms with van der Waals surface area (Å²) in [6, 6.07) is 2.26. The molecule has 6 nitrogen and oxygen atoms in total. The van der Waals surface area contributed by atoms with Gasteiger partial charge >= 0.3 is 0 Å².